The fraction of sp³-hybridized carbons (Fsp3) is 0.471. The van der Waals surface area contributed by atoms with Gasteiger partial charge < -0.3 is 20.5 Å². The number of aromatic amines is 1. The second-order valence-electron chi connectivity index (χ2n) is 7.14. The molecule has 2 aliphatic heterocycles. The smallest absolute Gasteiger partial charge is 0.257 e. The third-order valence-electron chi connectivity index (χ3n) is 5.02. The molecule has 2 amide bonds. The first-order valence-corrected chi connectivity index (χ1v) is 8.76. The molecule has 3 N–H and O–H groups in total. The number of aromatic nitrogens is 2. The first-order chi connectivity index (χ1) is 11.9. The Kier molecular flexibility index (Phi) is 3.73. The number of hydrogen-bond donors (Lipinski definition) is 2. The van der Waals surface area contributed by atoms with Gasteiger partial charge in [0.05, 0.1) is 10.6 Å². The Morgan fingerprint density at radius 3 is 2.80 bits per heavy atom. The molecule has 0 radical (unpaired) electrons. The maximum Gasteiger partial charge on any atom is 0.257 e. The van der Waals surface area contributed by atoms with E-state index in [1.807, 2.05) is 13.8 Å². The molecule has 0 spiro atoms. The average molecular weight is 362 g/mol. The number of rotatable bonds is 3. The van der Waals surface area contributed by atoms with Crippen molar-refractivity contribution in [3.63, 3.8) is 0 Å². The molecule has 132 valence electrons. The minimum Gasteiger partial charge on any atom is -0.345 e. The summed E-state index contributed by atoms with van der Waals surface area (Å²) in [6.07, 6.45) is 3.22. The van der Waals surface area contributed by atoms with Crippen LogP contribution < -0.4 is 5.73 Å². The van der Waals surface area contributed by atoms with E-state index in [4.69, 9.17) is 17.3 Å². The monoisotopic (exact) mass is 361 g/mol. The van der Waals surface area contributed by atoms with E-state index in [1.165, 1.54) is 0 Å². The van der Waals surface area contributed by atoms with Gasteiger partial charge in [-0.25, -0.2) is 4.98 Å². The van der Waals surface area contributed by atoms with Crippen LogP contribution in [0.2, 0.25) is 5.02 Å². The van der Waals surface area contributed by atoms with Crippen molar-refractivity contribution in [2.45, 2.75) is 32.5 Å². The molecule has 0 aliphatic carbocycles. The molecule has 1 atom stereocenters. The van der Waals surface area contributed by atoms with Crippen molar-refractivity contribution in [1.29, 1.82) is 0 Å². The SMILES string of the molecule is CC(C)[C@H](C(=O)N1CC(N)C1)N1Cc2c(Cl)cnc3[nH]cc(c23)C1=O. The van der Waals surface area contributed by atoms with E-state index in [2.05, 4.69) is 9.97 Å². The molecule has 2 aromatic heterocycles. The molecular weight excluding hydrogens is 342 g/mol. The Labute approximate surface area is 150 Å². The lowest BCUT2D eigenvalue weighted by atomic mass is 9.94. The van der Waals surface area contributed by atoms with Gasteiger partial charge >= 0.3 is 0 Å². The molecule has 0 aromatic carbocycles. The number of nitrogens with zero attached hydrogens (tertiary/aromatic N) is 3. The summed E-state index contributed by atoms with van der Waals surface area (Å²) in [5, 5.41) is 1.27. The van der Waals surface area contributed by atoms with Crippen LogP contribution in [0.15, 0.2) is 12.4 Å². The maximum atomic E-state index is 13.1. The van der Waals surface area contributed by atoms with Crippen molar-refractivity contribution in [3.8, 4) is 0 Å². The van der Waals surface area contributed by atoms with Gasteiger partial charge in [-0.3, -0.25) is 9.59 Å². The third kappa shape index (κ3) is 2.41. The zero-order chi connectivity index (χ0) is 17.9. The van der Waals surface area contributed by atoms with Crippen molar-refractivity contribution < 1.29 is 9.59 Å². The quantitative estimate of drug-likeness (QED) is 0.863. The number of carbonyl (C=O) groups excluding carboxylic acids is 2. The predicted octanol–water partition coefficient (Wildman–Crippen LogP) is 1.37. The molecule has 2 aromatic rings. The number of likely N-dealkylation sites (tertiary alicyclic amines) is 1. The van der Waals surface area contributed by atoms with Gasteiger partial charge in [0.25, 0.3) is 5.91 Å². The first kappa shape index (κ1) is 16.4. The minimum atomic E-state index is -0.540. The van der Waals surface area contributed by atoms with E-state index in [1.54, 1.807) is 22.2 Å². The van der Waals surface area contributed by atoms with Crippen LogP contribution in [0.5, 0.6) is 0 Å². The number of carbonyl (C=O) groups is 2. The molecule has 0 saturated carbocycles. The molecule has 4 rings (SSSR count). The number of nitrogens with two attached hydrogens (primary N) is 1. The first-order valence-electron chi connectivity index (χ1n) is 8.38. The number of nitrogens with one attached hydrogen (secondary N) is 1. The molecule has 25 heavy (non-hydrogen) atoms. The van der Waals surface area contributed by atoms with Gasteiger partial charge in [-0.1, -0.05) is 25.4 Å². The van der Waals surface area contributed by atoms with Crippen LogP contribution in [0.3, 0.4) is 0 Å². The van der Waals surface area contributed by atoms with E-state index in [0.29, 0.717) is 35.9 Å². The summed E-state index contributed by atoms with van der Waals surface area (Å²) in [6.45, 7) is 5.29. The highest BCUT2D eigenvalue weighted by atomic mass is 35.5. The van der Waals surface area contributed by atoms with Gasteiger partial charge in [0.15, 0.2) is 0 Å². The molecule has 1 saturated heterocycles. The van der Waals surface area contributed by atoms with E-state index in [-0.39, 0.29) is 23.8 Å². The summed E-state index contributed by atoms with van der Waals surface area (Å²) in [5.41, 5.74) is 7.80. The average Bonchev–Trinajstić information content (AvgIpc) is 2.96. The van der Waals surface area contributed by atoms with E-state index >= 15 is 0 Å². The number of pyridine rings is 1. The molecule has 0 bridgehead atoms. The normalized spacial score (nSPS) is 18.8. The number of hydrogen-bond acceptors (Lipinski definition) is 4. The van der Waals surface area contributed by atoms with Crippen LogP contribution in [0.1, 0.15) is 29.8 Å². The van der Waals surface area contributed by atoms with Crippen molar-refractivity contribution in [2.75, 3.05) is 13.1 Å². The molecule has 0 unspecified atom stereocenters. The summed E-state index contributed by atoms with van der Waals surface area (Å²) >= 11 is 6.34. The molecular formula is C17H20ClN5O2. The standard InChI is InChI=1S/C17H20ClN5O2/c1-8(2)14(17(25)22-5-9(19)6-22)23-7-11-12(18)4-21-15-13(11)10(3-20-15)16(23)24/h3-4,8-9,14H,5-7,19H2,1-2H3,(H,20,21)/t14-/m1/s1. The van der Waals surface area contributed by atoms with Crippen molar-refractivity contribution in [3.05, 3.63) is 28.5 Å². The largest absolute Gasteiger partial charge is 0.345 e. The summed E-state index contributed by atoms with van der Waals surface area (Å²) < 4.78 is 0. The van der Waals surface area contributed by atoms with E-state index in [0.717, 1.165) is 10.9 Å². The number of amides is 2. The molecule has 4 heterocycles. The van der Waals surface area contributed by atoms with Crippen molar-refractivity contribution in [1.82, 2.24) is 19.8 Å². The van der Waals surface area contributed by atoms with Crippen LogP contribution in [-0.2, 0) is 11.3 Å². The van der Waals surface area contributed by atoms with E-state index in [9.17, 15) is 9.59 Å². The highest BCUT2D eigenvalue weighted by molar-refractivity contribution is 6.32. The fourth-order valence-corrected chi connectivity index (χ4v) is 3.94. The lowest BCUT2D eigenvalue weighted by Crippen LogP contribution is -2.63. The molecule has 1 fully saturated rings. The molecule has 7 nitrogen and oxygen atoms in total. The van der Waals surface area contributed by atoms with Crippen LogP contribution >= 0.6 is 11.6 Å². The lowest BCUT2D eigenvalue weighted by molar-refractivity contribution is -0.142. The zero-order valence-electron chi connectivity index (χ0n) is 14.1. The van der Waals surface area contributed by atoms with Gasteiger partial charge in [-0.15, -0.1) is 0 Å². The second kappa shape index (κ2) is 5.71. The van der Waals surface area contributed by atoms with Crippen LogP contribution in [-0.4, -0.2) is 56.8 Å². The maximum absolute atomic E-state index is 13.1. The fourth-order valence-electron chi connectivity index (χ4n) is 3.74. The Bertz CT molecular complexity index is 871. The lowest BCUT2D eigenvalue weighted by Gasteiger charge is -2.43. The summed E-state index contributed by atoms with van der Waals surface area (Å²) in [7, 11) is 0. The highest BCUT2D eigenvalue weighted by Crippen LogP contribution is 2.35. The molecule has 2 aliphatic rings. The summed E-state index contributed by atoms with van der Waals surface area (Å²) in [6, 6.07) is -0.512. The molecule has 8 heteroatoms. The summed E-state index contributed by atoms with van der Waals surface area (Å²) in [4.78, 5) is 36.6. The van der Waals surface area contributed by atoms with Gasteiger partial charge in [0.2, 0.25) is 5.91 Å². The predicted molar refractivity (Wildman–Crippen MR) is 94.2 cm³/mol. The van der Waals surface area contributed by atoms with Crippen LogP contribution in [0, 0.1) is 5.92 Å². The zero-order valence-corrected chi connectivity index (χ0v) is 14.9. The number of halogens is 1. The van der Waals surface area contributed by atoms with Crippen molar-refractivity contribution >= 4 is 34.4 Å². The van der Waals surface area contributed by atoms with Gasteiger partial charge in [0, 0.05) is 49.0 Å². The Balaban J connectivity index is 1.73. The van der Waals surface area contributed by atoms with Crippen molar-refractivity contribution in [2.24, 2.45) is 11.7 Å². The Morgan fingerprint density at radius 2 is 2.16 bits per heavy atom. The van der Waals surface area contributed by atoms with Gasteiger partial charge in [-0.05, 0) is 5.92 Å². The summed E-state index contributed by atoms with van der Waals surface area (Å²) in [5.74, 6) is -0.241. The number of H-pyrrole nitrogens is 1. The van der Waals surface area contributed by atoms with Crippen LogP contribution in [0.25, 0.3) is 11.0 Å². The van der Waals surface area contributed by atoms with Gasteiger partial charge in [0.1, 0.15) is 11.7 Å². The third-order valence-corrected chi connectivity index (χ3v) is 5.34. The Morgan fingerprint density at radius 1 is 1.44 bits per heavy atom. The topological polar surface area (TPSA) is 95.3 Å². The van der Waals surface area contributed by atoms with E-state index < -0.39 is 6.04 Å². The second-order valence-corrected chi connectivity index (χ2v) is 7.54. The minimum absolute atomic E-state index is 0.0233. The van der Waals surface area contributed by atoms with Gasteiger partial charge in [-0.2, -0.15) is 0 Å². The highest BCUT2D eigenvalue weighted by Gasteiger charge is 2.42. The Hall–Kier alpha value is -2.12. The van der Waals surface area contributed by atoms with Crippen LogP contribution in [0.4, 0.5) is 0 Å².